The maximum Gasteiger partial charge on any atom is 0.416 e. The number of nitrogens with zero attached hydrogens (tertiary/aromatic N) is 1. The highest BCUT2D eigenvalue weighted by Crippen LogP contribution is 2.45. The fourth-order valence-corrected chi connectivity index (χ4v) is 4.38. The van der Waals surface area contributed by atoms with Crippen LogP contribution in [0.25, 0.3) is 0 Å². The van der Waals surface area contributed by atoms with Crippen molar-refractivity contribution in [1.29, 1.82) is 0 Å². The Labute approximate surface area is 232 Å². The van der Waals surface area contributed by atoms with Crippen LogP contribution in [-0.4, -0.2) is 18.5 Å². The van der Waals surface area contributed by atoms with E-state index in [0.29, 0.717) is 35.2 Å². The third-order valence-electron chi connectivity index (χ3n) is 6.17. The number of alkyl halides is 9. The van der Waals surface area contributed by atoms with Gasteiger partial charge >= 0.3 is 24.5 Å². The van der Waals surface area contributed by atoms with Gasteiger partial charge in [0.1, 0.15) is 5.70 Å². The molecule has 1 N–H and O–H groups in total. The number of carbonyl (C=O) groups excluding carboxylic acids is 2. The second kappa shape index (κ2) is 11.1. The van der Waals surface area contributed by atoms with Gasteiger partial charge in [0.25, 0.3) is 5.91 Å². The summed E-state index contributed by atoms with van der Waals surface area (Å²) in [4.78, 5) is 27.7. The molecule has 1 aliphatic rings. The van der Waals surface area contributed by atoms with Crippen LogP contribution >= 0.6 is 0 Å². The average molecular weight is 602 g/mol. The summed E-state index contributed by atoms with van der Waals surface area (Å²) in [5.74, 6) is -2.42. The number of amides is 1. The first-order valence-electron chi connectivity index (χ1n) is 12.1. The van der Waals surface area contributed by atoms with Crippen LogP contribution < -0.4 is 10.2 Å². The fourth-order valence-electron chi connectivity index (χ4n) is 4.38. The van der Waals surface area contributed by atoms with E-state index in [-0.39, 0.29) is 17.9 Å². The molecule has 0 bridgehead atoms. The van der Waals surface area contributed by atoms with Gasteiger partial charge in [-0.25, -0.2) is 4.79 Å². The Morgan fingerprint density at radius 3 is 1.88 bits per heavy atom. The molecule has 0 spiro atoms. The minimum atomic E-state index is -4.87. The SMILES string of the molecule is CCOC(=O)C1=C(Nc2cccc(C(F)(F)F)c2)C(=O)N(c2cccc(C(F)(F)F)c2)C1c1cccc(C(F)(F)F)c1. The Morgan fingerprint density at radius 2 is 1.31 bits per heavy atom. The summed E-state index contributed by atoms with van der Waals surface area (Å²) >= 11 is 0. The van der Waals surface area contributed by atoms with E-state index in [1.165, 1.54) is 6.92 Å². The van der Waals surface area contributed by atoms with E-state index in [1.807, 2.05) is 0 Å². The number of halogens is 9. The number of benzene rings is 3. The highest BCUT2D eigenvalue weighted by atomic mass is 19.4. The standard InChI is InChI=1S/C28H19F9N2O3/c1-2-42-25(41)21-22(38-19-10-4-8-17(13-19)27(32,33)34)24(40)39(20-11-5-9-18(14-20)28(35,36)37)23(21)15-6-3-7-16(12-15)26(29,30)31/h3-14,23,38H,2H2,1H3. The van der Waals surface area contributed by atoms with Crippen molar-refractivity contribution in [2.45, 2.75) is 31.5 Å². The lowest BCUT2D eigenvalue weighted by Gasteiger charge is -2.28. The Hall–Kier alpha value is -4.49. The van der Waals surface area contributed by atoms with Gasteiger partial charge < -0.3 is 10.1 Å². The first-order valence-corrected chi connectivity index (χ1v) is 12.1. The van der Waals surface area contributed by atoms with Crippen molar-refractivity contribution < 1.29 is 53.8 Å². The molecule has 42 heavy (non-hydrogen) atoms. The van der Waals surface area contributed by atoms with Crippen molar-refractivity contribution in [2.24, 2.45) is 0 Å². The summed E-state index contributed by atoms with van der Waals surface area (Å²) in [5.41, 5.74) is -5.90. The quantitative estimate of drug-likeness (QED) is 0.232. The molecule has 0 aliphatic carbocycles. The molecule has 0 saturated carbocycles. The molecule has 3 aromatic rings. The summed E-state index contributed by atoms with van der Waals surface area (Å²) in [5, 5.41) is 2.42. The molecule has 1 heterocycles. The minimum absolute atomic E-state index is 0.272. The van der Waals surface area contributed by atoms with Gasteiger partial charge in [-0.1, -0.05) is 24.3 Å². The molecular formula is C28H19F9N2O3. The van der Waals surface area contributed by atoms with Crippen LogP contribution in [0.5, 0.6) is 0 Å². The average Bonchev–Trinajstić information content (AvgIpc) is 3.19. The van der Waals surface area contributed by atoms with Gasteiger partial charge in [0.2, 0.25) is 0 Å². The van der Waals surface area contributed by atoms with E-state index in [0.717, 1.165) is 42.5 Å². The summed E-state index contributed by atoms with van der Waals surface area (Å²) in [6.07, 6.45) is -14.5. The third-order valence-corrected chi connectivity index (χ3v) is 6.17. The zero-order chi connectivity index (χ0) is 31.0. The Bertz CT molecular complexity index is 1540. The first-order chi connectivity index (χ1) is 19.5. The van der Waals surface area contributed by atoms with Crippen molar-refractivity contribution in [3.8, 4) is 0 Å². The smallest absolute Gasteiger partial charge is 0.416 e. The van der Waals surface area contributed by atoms with Crippen molar-refractivity contribution in [2.75, 3.05) is 16.8 Å². The minimum Gasteiger partial charge on any atom is -0.463 e. The highest BCUT2D eigenvalue weighted by molar-refractivity contribution is 6.18. The predicted octanol–water partition coefficient (Wildman–Crippen LogP) is 7.76. The number of ether oxygens (including phenoxy) is 1. The Balaban J connectivity index is 1.97. The van der Waals surface area contributed by atoms with Crippen molar-refractivity contribution >= 4 is 23.3 Å². The van der Waals surface area contributed by atoms with Crippen LogP contribution in [0.2, 0.25) is 0 Å². The fraction of sp³-hybridized carbons (Fsp3) is 0.214. The summed E-state index contributed by atoms with van der Waals surface area (Å²) < 4.78 is 126. The zero-order valence-electron chi connectivity index (χ0n) is 21.3. The number of rotatable bonds is 6. The van der Waals surface area contributed by atoms with Crippen molar-refractivity contribution in [3.63, 3.8) is 0 Å². The highest BCUT2D eigenvalue weighted by Gasteiger charge is 2.46. The van der Waals surface area contributed by atoms with Crippen LogP contribution in [0.3, 0.4) is 0 Å². The van der Waals surface area contributed by atoms with Crippen LogP contribution in [0, 0.1) is 0 Å². The van der Waals surface area contributed by atoms with Crippen molar-refractivity contribution in [1.82, 2.24) is 0 Å². The maximum atomic E-state index is 13.8. The number of hydrogen-bond donors (Lipinski definition) is 1. The second-order valence-corrected chi connectivity index (χ2v) is 8.96. The molecule has 1 aliphatic heterocycles. The van der Waals surface area contributed by atoms with Gasteiger partial charge in [0.15, 0.2) is 0 Å². The lowest BCUT2D eigenvalue weighted by Crippen LogP contribution is -2.32. The molecule has 0 fully saturated rings. The second-order valence-electron chi connectivity index (χ2n) is 8.96. The molecule has 1 unspecified atom stereocenters. The van der Waals surface area contributed by atoms with E-state index in [2.05, 4.69) is 5.32 Å². The molecule has 1 atom stereocenters. The van der Waals surface area contributed by atoms with E-state index < -0.39 is 70.1 Å². The summed E-state index contributed by atoms with van der Waals surface area (Å²) in [6.45, 7) is 1.12. The van der Waals surface area contributed by atoms with E-state index >= 15 is 0 Å². The first kappa shape index (κ1) is 30.5. The number of anilines is 2. The van der Waals surface area contributed by atoms with E-state index in [1.54, 1.807) is 0 Å². The molecule has 4 rings (SSSR count). The molecule has 5 nitrogen and oxygen atoms in total. The van der Waals surface area contributed by atoms with E-state index in [4.69, 9.17) is 4.74 Å². The molecule has 0 radical (unpaired) electrons. The zero-order valence-corrected chi connectivity index (χ0v) is 21.3. The number of nitrogens with one attached hydrogen (secondary N) is 1. The number of carbonyl (C=O) groups is 2. The molecule has 1 amide bonds. The third kappa shape index (κ3) is 6.21. The molecule has 0 saturated heterocycles. The molecule has 222 valence electrons. The van der Waals surface area contributed by atoms with Crippen molar-refractivity contribution in [3.05, 3.63) is 106 Å². The number of esters is 1. The maximum absolute atomic E-state index is 13.8. The van der Waals surface area contributed by atoms with Gasteiger partial charge in [0, 0.05) is 11.4 Å². The molecular weight excluding hydrogens is 583 g/mol. The summed E-state index contributed by atoms with van der Waals surface area (Å²) in [7, 11) is 0. The van der Waals surface area contributed by atoms with Crippen LogP contribution in [-0.2, 0) is 32.9 Å². The topological polar surface area (TPSA) is 58.6 Å². The van der Waals surface area contributed by atoms with Crippen LogP contribution in [0.1, 0.15) is 35.2 Å². The molecule has 0 aromatic heterocycles. The lowest BCUT2D eigenvalue weighted by atomic mass is 9.96. The van der Waals surface area contributed by atoms with Crippen LogP contribution in [0.15, 0.2) is 84.1 Å². The normalized spacial score (nSPS) is 16.2. The Kier molecular flexibility index (Phi) is 8.03. The van der Waals surface area contributed by atoms with Gasteiger partial charge in [-0.3, -0.25) is 9.69 Å². The number of hydrogen-bond acceptors (Lipinski definition) is 4. The lowest BCUT2D eigenvalue weighted by molar-refractivity contribution is -0.139. The molecule has 14 heteroatoms. The largest absolute Gasteiger partial charge is 0.463 e. The molecule has 3 aromatic carbocycles. The van der Waals surface area contributed by atoms with Gasteiger partial charge in [0.05, 0.1) is 34.9 Å². The van der Waals surface area contributed by atoms with E-state index in [9.17, 15) is 49.1 Å². The summed E-state index contributed by atoms with van der Waals surface area (Å²) in [6, 6.07) is 8.46. The Morgan fingerprint density at radius 1 is 0.786 bits per heavy atom. The van der Waals surface area contributed by atoms with Crippen LogP contribution in [0.4, 0.5) is 50.9 Å². The van der Waals surface area contributed by atoms with Gasteiger partial charge in [-0.15, -0.1) is 0 Å². The predicted molar refractivity (Wildman–Crippen MR) is 132 cm³/mol. The monoisotopic (exact) mass is 602 g/mol. The van der Waals surface area contributed by atoms with Gasteiger partial charge in [-0.05, 0) is 61.0 Å². The van der Waals surface area contributed by atoms with Gasteiger partial charge in [-0.2, -0.15) is 39.5 Å².